The SMILES string of the molecule is CCNC(=NCCOCc1cccc(Cl)c1)N1CCOC(c2cnn(C)c2)C1. The fourth-order valence-corrected chi connectivity index (χ4v) is 3.32. The molecule has 1 N–H and O–H groups in total. The van der Waals surface area contributed by atoms with Crippen molar-refractivity contribution in [2.45, 2.75) is 19.6 Å². The Morgan fingerprint density at radius 2 is 2.36 bits per heavy atom. The Hall–Kier alpha value is -2.09. The standard InChI is InChI=1S/C20H28ClN5O2/c1-3-22-20(23-7-9-27-15-16-5-4-6-18(21)11-16)26-8-10-28-19(14-26)17-12-24-25(2)13-17/h4-6,11-13,19H,3,7-10,14-15H2,1-2H3,(H,22,23). The molecule has 8 heteroatoms. The number of aromatic nitrogens is 2. The zero-order valence-corrected chi connectivity index (χ0v) is 17.2. The molecule has 0 saturated carbocycles. The molecule has 0 radical (unpaired) electrons. The van der Waals surface area contributed by atoms with E-state index in [1.54, 1.807) is 4.68 Å². The number of benzene rings is 1. The molecule has 1 aromatic carbocycles. The van der Waals surface area contributed by atoms with E-state index in [-0.39, 0.29) is 6.10 Å². The number of nitrogens with zero attached hydrogens (tertiary/aromatic N) is 4. The lowest BCUT2D eigenvalue weighted by Gasteiger charge is -2.34. The van der Waals surface area contributed by atoms with Gasteiger partial charge in [-0.2, -0.15) is 5.10 Å². The number of hydrogen-bond acceptors (Lipinski definition) is 4. The lowest BCUT2D eigenvalue weighted by Crippen LogP contribution is -2.48. The van der Waals surface area contributed by atoms with E-state index in [4.69, 9.17) is 26.1 Å². The fraction of sp³-hybridized carbons (Fsp3) is 0.500. The smallest absolute Gasteiger partial charge is 0.194 e. The van der Waals surface area contributed by atoms with Crippen LogP contribution < -0.4 is 5.32 Å². The van der Waals surface area contributed by atoms with Crippen LogP contribution >= 0.6 is 11.6 Å². The lowest BCUT2D eigenvalue weighted by atomic mass is 10.1. The van der Waals surface area contributed by atoms with Crippen molar-refractivity contribution in [3.05, 3.63) is 52.8 Å². The topological polar surface area (TPSA) is 63.9 Å². The molecule has 2 aromatic rings. The van der Waals surface area contributed by atoms with E-state index >= 15 is 0 Å². The van der Waals surface area contributed by atoms with Crippen LogP contribution in [-0.4, -0.2) is 60.0 Å². The lowest BCUT2D eigenvalue weighted by molar-refractivity contribution is -0.00809. The second-order valence-electron chi connectivity index (χ2n) is 6.67. The number of hydrogen-bond donors (Lipinski definition) is 1. The van der Waals surface area contributed by atoms with Crippen molar-refractivity contribution < 1.29 is 9.47 Å². The Bertz CT molecular complexity index is 779. The Morgan fingerprint density at radius 1 is 1.46 bits per heavy atom. The Labute approximate surface area is 171 Å². The van der Waals surface area contributed by atoms with Crippen LogP contribution in [0.3, 0.4) is 0 Å². The molecule has 1 fully saturated rings. The zero-order chi connectivity index (χ0) is 19.8. The quantitative estimate of drug-likeness (QED) is 0.436. The predicted octanol–water partition coefficient (Wildman–Crippen LogP) is 2.63. The molecule has 1 aliphatic heterocycles. The minimum Gasteiger partial charge on any atom is -0.375 e. The third kappa shape index (κ3) is 5.95. The first-order valence-electron chi connectivity index (χ1n) is 9.61. The van der Waals surface area contributed by atoms with Gasteiger partial charge in [0.2, 0.25) is 0 Å². The summed E-state index contributed by atoms with van der Waals surface area (Å²) < 4.78 is 13.5. The first-order chi connectivity index (χ1) is 13.7. The Morgan fingerprint density at radius 3 is 3.11 bits per heavy atom. The monoisotopic (exact) mass is 405 g/mol. The second-order valence-corrected chi connectivity index (χ2v) is 7.11. The van der Waals surface area contributed by atoms with E-state index in [1.807, 2.05) is 43.7 Å². The van der Waals surface area contributed by atoms with Gasteiger partial charge in [0.25, 0.3) is 0 Å². The van der Waals surface area contributed by atoms with E-state index in [0.717, 1.165) is 41.7 Å². The van der Waals surface area contributed by atoms with Crippen molar-refractivity contribution in [2.24, 2.45) is 12.0 Å². The molecule has 1 aromatic heterocycles. The first-order valence-corrected chi connectivity index (χ1v) is 9.99. The van der Waals surface area contributed by atoms with Crippen molar-refractivity contribution in [3.8, 4) is 0 Å². The molecule has 1 saturated heterocycles. The summed E-state index contributed by atoms with van der Waals surface area (Å²) in [5.74, 6) is 0.894. The van der Waals surface area contributed by atoms with Crippen molar-refractivity contribution in [2.75, 3.05) is 39.4 Å². The van der Waals surface area contributed by atoms with Gasteiger partial charge >= 0.3 is 0 Å². The van der Waals surface area contributed by atoms with E-state index in [1.165, 1.54) is 0 Å². The molecular formula is C20H28ClN5O2. The van der Waals surface area contributed by atoms with Crippen LogP contribution in [0.4, 0.5) is 0 Å². The maximum Gasteiger partial charge on any atom is 0.194 e. The molecule has 0 spiro atoms. The number of halogens is 1. The molecular weight excluding hydrogens is 378 g/mol. The third-order valence-electron chi connectivity index (χ3n) is 4.45. The van der Waals surface area contributed by atoms with Gasteiger partial charge in [0.05, 0.1) is 39.1 Å². The predicted molar refractivity (Wildman–Crippen MR) is 111 cm³/mol. The summed E-state index contributed by atoms with van der Waals surface area (Å²) in [6.45, 7) is 6.80. The van der Waals surface area contributed by atoms with Crippen molar-refractivity contribution in [3.63, 3.8) is 0 Å². The van der Waals surface area contributed by atoms with Gasteiger partial charge in [-0.1, -0.05) is 23.7 Å². The summed E-state index contributed by atoms with van der Waals surface area (Å²) in [7, 11) is 1.92. The maximum atomic E-state index is 6.00. The molecule has 0 aliphatic carbocycles. The summed E-state index contributed by atoms with van der Waals surface area (Å²) in [5.41, 5.74) is 2.16. The molecule has 7 nitrogen and oxygen atoms in total. The summed E-state index contributed by atoms with van der Waals surface area (Å²) in [6.07, 6.45) is 3.87. The minimum absolute atomic E-state index is 0.00499. The van der Waals surface area contributed by atoms with Crippen LogP contribution in [0.25, 0.3) is 0 Å². The van der Waals surface area contributed by atoms with E-state index in [2.05, 4.69) is 22.2 Å². The van der Waals surface area contributed by atoms with Crippen molar-refractivity contribution >= 4 is 17.6 Å². The molecule has 0 bridgehead atoms. The minimum atomic E-state index is 0.00499. The molecule has 28 heavy (non-hydrogen) atoms. The summed E-state index contributed by atoms with van der Waals surface area (Å²) in [4.78, 5) is 6.96. The summed E-state index contributed by atoms with van der Waals surface area (Å²) >= 11 is 6.00. The van der Waals surface area contributed by atoms with Crippen LogP contribution in [0.15, 0.2) is 41.7 Å². The second kappa shape index (κ2) is 10.5. The maximum absolute atomic E-state index is 6.00. The highest BCUT2D eigenvalue weighted by Crippen LogP contribution is 2.21. The van der Waals surface area contributed by atoms with Gasteiger partial charge in [0, 0.05) is 36.9 Å². The van der Waals surface area contributed by atoms with Gasteiger partial charge in [0.1, 0.15) is 6.10 Å². The molecule has 152 valence electrons. The van der Waals surface area contributed by atoms with Gasteiger partial charge in [-0.15, -0.1) is 0 Å². The van der Waals surface area contributed by atoms with Gasteiger partial charge in [-0.05, 0) is 24.6 Å². The fourth-order valence-electron chi connectivity index (χ4n) is 3.11. The number of aryl methyl sites for hydroxylation is 1. The Kier molecular flexibility index (Phi) is 7.71. The van der Waals surface area contributed by atoms with Crippen molar-refractivity contribution in [1.29, 1.82) is 0 Å². The van der Waals surface area contributed by atoms with E-state index in [0.29, 0.717) is 26.4 Å². The molecule has 1 atom stereocenters. The zero-order valence-electron chi connectivity index (χ0n) is 16.5. The highest BCUT2D eigenvalue weighted by atomic mass is 35.5. The number of rotatable bonds is 7. The molecule has 2 heterocycles. The molecule has 3 rings (SSSR count). The Balaban J connectivity index is 1.51. The van der Waals surface area contributed by atoms with E-state index in [9.17, 15) is 0 Å². The van der Waals surface area contributed by atoms with Gasteiger partial charge in [-0.3, -0.25) is 9.67 Å². The third-order valence-corrected chi connectivity index (χ3v) is 4.69. The van der Waals surface area contributed by atoms with E-state index < -0.39 is 0 Å². The van der Waals surface area contributed by atoms with Gasteiger partial charge in [0.15, 0.2) is 5.96 Å². The van der Waals surface area contributed by atoms with Gasteiger partial charge in [-0.25, -0.2) is 0 Å². The number of morpholine rings is 1. The highest BCUT2D eigenvalue weighted by molar-refractivity contribution is 6.30. The average Bonchev–Trinajstić information content (AvgIpc) is 3.13. The molecule has 0 amide bonds. The van der Waals surface area contributed by atoms with Crippen LogP contribution in [0.5, 0.6) is 0 Å². The van der Waals surface area contributed by atoms with Crippen LogP contribution in [0, 0.1) is 0 Å². The summed E-state index contributed by atoms with van der Waals surface area (Å²) in [6, 6.07) is 7.71. The normalized spacial score (nSPS) is 17.8. The molecule has 1 unspecified atom stereocenters. The molecule has 1 aliphatic rings. The van der Waals surface area contributed by atoms with Crippen molar-refractivity contribution in [1.82, 2.24) is 20.0 Å². The van der Waals surface area contributed by atoms with Crippen LogP contribution in [0.1, 0.15) is 24.2 Å². The summed E-state index contributed by atoms with van der Waals surface area (Å²) in [5, 5.41) is 8.34. The number of nitrogens with one attached hydrogen (secondary N) is 1. The first kappa shape index (κ1) is 20.6. The highest BCUT2D eigenvalue weighted by Gasteiger charge is 2.25. The number of aliphatic imine (C=N–C) groups is 1. The van der Waals surface area contributed by atoms with Crippen LogP contribution in [0.2, 0.25) is 5.02 Å². The van der Waals surface area contributed by atoms with Gasteiger partial charge < -0.3 is 19.7 Å². The number of guanidine groups is 1. The number of ether oxygens (including phenoxy) is 2. The van der Waals surface area contributed by atoms with Crippen LogP contribution in [-0.2, 0) is 23.1 Å². The average molecular weight is 406 g/mol. The largest absolute Gasteiger partial charge is 0.375 e.